The monoisotopic (exact) mass is 262 g/mol. The molecule has 0 saturated carbocycles. The molecule has 0 bridgehead atoms. The molecular weight excluding hydrogens is 255 g/mol. The van der Waals surface area contributed by atoms with Crippen molar-refractivity contribution in [1.82, 2.24) is 0 Å². The second-order valence-electron chi connectivity index (χ2n) is 0. The van der Waals surface area contributed by atoms with Gasteiger partial charge in [-0.3, -0.25) is 0 Å². The standard InChI is InChI=1S/Na.3H2O.W.H/h;3*1H2;;/q+1;;;;;-1. The fourth-order valence-corrected chi connectivity index (χ4v) is 0. The van der Waals surface area contributed by atoms with Gasteiger partial charge in [0.15, 0.2) is 0 Å². The molecule has 0 radical (unpaired) electrons. The summed E-state index contributed by atoms with van der Waals surface area (Å²) in [5.74, 6) is 0. The SMILES string of the molecule is O.O.O.[H-].[Na+].[W]. The van der Waals surface area contributed by atoms with E-state index in [2.05, 4.69) is 0 Å². The van der Waals surface area contributed by atoms with E-state index in [0.717, 1.165) is 0 Å². The van der Waals surface area contributed by atoms with Crippen LogP contribution in [0.15, 0.2) is 0 Å². The molecule has 0 aromatic carbocycles. The average Bonchev–Trinajstić information content (AvgIpc) is 0. The zero-order valence-electron chi connectivity index (χ0n) is 3.91. The molecule has 0 fully saturated rings. The Hall–Kier alpha value is 1.57. The molecule has 0 aliphatic heterocycles. The van der Waals surface area contributed by atoms with Crippen molar-refractivity contribution in [2.45, 2.75) is 0 Å². The van der Waals surface area contributed by atoms with Gasteiger partial charge in [-0.25, -0.2) is 0 Å². The van der Waals surface area contributed by atoms with Crippen molar-refractivity contribution in [3.8, 4) is 0 Å². The Bertz CT molecular complexity index is 10.8. The molecule has 6 N–H and O–H groups in total. The van der Waals surface area contributed by atoms with Crippen LogP contribution in [0.5, 0.6) is 0 Å². The van der Waals surface area contributed by atoms with Crippen molar-refractivity contribution in [3.05, 3.63) is 0 Å². The Balaban J connectivity index is 0. The van der Waals surface area contributed by atoms with Crippen LogP contribution in [-0.4, -0.2) is 16.4 Å². The van der Waals surface area contributed by atoms with Crippen molar-refractivity contribution in [3.63, 3.8) is 0 Å². The van der Waals surface area contributed by atoms with Crippen LogP contribution < -0.4 is 29.6 Å². The maximum atomic E-state index is 0. The minimum Gasteiger partial charge on any atom is -1.00 e. The fraction of sp³-hybridized carbons (Fsp3) is 0. The Labute approximate surface area is 68.1 Å². The van der Waals surface area contributed by atoms with Crippen molar-refractivity contribution < 1.29 is 68.5 Å². The molecule has 5 heavy (non-hydrogen) atoms. The van der Waals surface area contributed by atoms with Gasteiger partial charge in [0.2, 0.25) is 0 Å². The third kappa shape index (κ3) is 28.8. The second-order valence-corrected chi connectivity index (χ2v) is 0. The van der Waals surface area contributed by atoms with E-state index in [-0.39, 0.29) is 68.5 Å². The first kappa shape index (κ1) is 82.8. The van der Waals surface area contributed by atoms with E-state index in [1.807, 2.05) is 0 Å². The molecule has 5 heteroatoms. The van der Waals surface area contributed by atoms with E-state index >= 15 is 0 Å². The van der Waals surface area contributed by atoms with Gasteiger partial charge in [-0.2, -0.15) is 0 Å². The predicted octanol–water partition coefficient (Wildman–Crippen LogP) is -5.36. The predicted molar refractivity (Wildman–Crippen MR) is 12.0 cm³/mol. The molecule has 0 atom stereocenters. The van der Waals surface area contributed by atoms with Gasteiger partial charge in [-0.1, -0.05) is 0 Å². The average molecular weight is 262 g/mol. The molecule has 0 spiro atoms. The molecule has 0 unspecified atom stereocenters. The summed E-state index contributed by atoms with van der Waals surface area (Å²) in [5, 5.41) is 0. The number of hydrogen-bond acceptors (Lipinski definition) is 0. The molecule has 0 heterocycles. The van der Waals surface area contributed by atoms with Crippen LogP contribution in [0.4, 0.5) is 0 Å². The summed E-state index contributed by atoms with van der Waals surface area (Å²) >= 11 is 0. The van der Waals surface area contributed by atoms with E-state index in [1.54, 1.807) is 0 Å². The molecule has 0 aromatic rings. The van der Waals surface area contributed by atoms with E-state index in [4.69, 9.17) is 0 Å². The van der Waals surface area contributed by atoms with Gasteiger partial charge in [0.1, 0.15) is 0 Å². The van der Waals surface area contributed by atoms with Crippen molar-refractivity contribution in [2.24, 2.45) is 0 Å². The maximum absolute atomic E-state index is 0. The largest absolute Gasteiger partial charge is 1.00 e. The van der Waals surface area contributed by atoms with Gasteiger partial charge in [0, 0.05) is 21.1 Å². The molecule has 0 saturated heterocycles. The molecular formula is H7NaO3W. The first-order chi connectivity index (χ1) is 0. The molecule has 0 aliphatic carbocycles. The minimum atomic E-state index is 0. The minimum absolute atomic E-state index is 0. The second kappa shape index (κ2) is 47.2. The van der Waals surface area contributed by atoms with Crippen LogP contribution in [0, 0.1) is 0 Å². The van der Waals surface area contributed by atoms with E-state index in [0.29, 0.717) is 0 Å². The first-order valence-corrected chi connectivity index (χ1v) is 0. The van der Waals surface area contributed by atoms with Crippen molar-refractivity contribution in [1.29, 1.82) is 0 Å². The summed E-state index contributed by atoms with van der Waals surface area (Å²) < 4.78 is 0. The molecule has 0 rings (SSSR count). The summed E-state index contributed by atoms with van der Waals surface area (Å²) in [6.45, 7) is 0. The summed E-state index contributed by atoms with van der Waals surface area (Å²) in [7, 11) is 0. The summed E-state index contributed by atoms with van der Waals surface area (Å²) in [5.41, 5.74) is 0. The van der Waals surface area contributed by atoms with Crippen LogP contribution >= 0.6 is 0 Å². The van der Waals surface area contributed by atoms with Gasteiger partial charge in [0.05, 0.1) is 0 Å². The van der Waals surface area contributed by atoms with Gasteiger partial charge in [-0.05, 0) is 0 Å². The maximum Gasteiger partial charge on any atom is 1.00 e. The third-order valence-corrected chi connectivity index (χ3v) is 0. The van der Waals surface area contributed by atoms with Crippen LogP contribution in [0.2, 0.25) is 0 Å². The molecule has 0 aliphatic rings. The Morgan fingerprint density at radius 2 is 0.800 bits per heavy atom. The van der Waals surface area contributed by atoms with Gasteiger partial charge in [0.25, 0.3) is 0 Å². The zero-order chi connectivity index (χ0) is 0. The quantitative estimate of drug-likeness (QED) is 0.390. The van der Waals surface area contributed by atoms with E-state index < -0.39 is 0 Å². The van der Waals surface area contributed by atoms with Crippen LogP contribution in [-0.2, 0) is 21.1 Å². The fourth-order valence-electron chi connectivity index (χ4n) is 0. The topological polar surface area (TPSA) is 94.5 Å². The summed E-state index contributed by atoms with van der Waals surface area (Å²) in [6, 6.07) is 0. The van der Waals surface area contributed by atoms with Gasteiger partial charge >= 0.3 is 29.6 Å². The Morgan fingerprint density at radius 1 is 0.800 bits per heavy atom. The van der Waals surface area contributed by atoms with Gasteiger partial charge < -0.3 is 17.9 Å². The summed E-state index contributed by atoms with van der Waals surface area (Å²) in [4.78, 5) is 0. The van der Waals surface area contributed by atoms with Crippen LogP contribution in [0.3, 0.4) is 0 Å². The molecule has 32 valence electrons. The summed E-state index contributed by atoms with van der Waals surface area (Å²) in [6.07, 6.45) is 0. The first-order valence-electron chi connectivity index (χ1n) is 0. The normalized spacial score (nSPS) is 0. The number of hydrogen-bond donors (Lipinski definition) is 0. The Morgan fingerprint density at radius 3 is 0.800 bits per heavy atom. The molecule has 3 nitrogen and oxygen atoms in total. The van der Waals surface area contributed by atoms with Crippen LogP contribution in [0.25, 0.3) is 0 Å². The van der Waals surface area contributed by atoms with Gasteiger partial charge in [-0.15, -0.1) is 0 Å². The van der Waals surface area contributed by atoms with E-state index in [9.17, 15) is 0 Å². The number of rotatable bonds is 0. The Kier molecular flexibility index (Phi) is 782. The smallest absolute Gasteiger partial charge is 1.00 e. The van der Waals surface area contributed by atoms with Crippen molar-refractivity contribution >= 4 is 0 Å². The van der Waals surface area contributed by atoms with Crippen molar-refractivity contribution in [2.75, 3.05) is 0 Å². The molecule has 0 aromatic heterocycles. The van der Waals surface area contributed by atoms with E-state index in [1.165, 1.54) is 0 Å². The zero-order valence-corrected chi connectivity index (χ0v) is 7.84. The van der Waals surface area contributed by atoms with Crippen LogP contribution in [0.1, 0.15) is 1.43 Å². The molecule has 0 amide bonds. The third-order valence-electron chi connectivity index (χ3n) is 0.